The molecule has 1 aliphatic heterocycles. The highest BCUT2D eigenvalue weighted by Gasteiger charge is 2.22. The fourth-order valence-corrected chi connectivity index (χ4v) is 3.51. The Kier molecular flexibility index (Phi) is 4.50. The number of nitrogens with zero attached hydrogens (tertiary/aromatic N) is 4. The van der Waals surface area contributed by atoms with Gasteiger partial charge in [-0.2, -0.15) is 9.97 Å². The maximum atomic E-state index is 6.37. The zero-order valence-corrected chi connectivity index (χ0v) is 15.1. The van der Waals surface area contributed by atoms with Crippen LogP contribution in [-0.4, -0.2) is 33.2 Å². The summed E-state index contributed by atoms with van der Waals surface area (Å²) in [4.78, 5) is 13.5. The number of halogens is 2. The maximum Gasteiger partial charge on any atom is 0.318 e. The summed E-state index contributed by atoms with van der Waals surface area (Å²) in [6.45, 7) is 0.739. The van der Waals surface area contributed by atoms with Gasteiger partial charge in [0.05, 0.1) is 18.5 Å². The molecule has 1 atom stereocenters. The number of hydrogen-bond donors (Lipinski definition) is 0. The van der Waals surface area contributed by atoms with Gasteiger partial charge in [-0.1, -0.05) is 23.2 Å². The van der Waals surface area contributed by atoms with Gasteiger partial charge in [0, 0.05) is 17.2 Å². The number of fused-ring (bicyclic) bond motifs is 1. The number of imidazole rings is 1. The van der Waals surface area contributed by atoms with E-state index in [4.69, 9.17) is 32.7 Å². The van der Waals surface area contributed by atoms with Crippen molar-refractivity contribution < 1.29 is 9.47 Å². The molecule has 4 rings (SSSR count). The van der Waals surface area contributed by atoms with Gasteiger partial charge in [-0.15, -0.1) is 0 Å². The highest BCUT2D eigenvalue weighted by atomic mass is 35.5. The molecule has 2 aromatic heterocycles. The molecule has 0 spiro atoms. The molecular weight excluding hydrogens is 363 g/mol. The standard InChI is InChI=1S/C17H16Cl2N4O2/c1-24-17-21-14(11-6-5-10(18)8-12(11)19)15-16(22-17)23(9-20-15)13-4-2-3-7-25-13/h5-6,8-9,13H,2-4,7H2,1H3. The number of benzene rings is 1. The quantitative estimate of drug-likeness (QED) is 0.670. The Morgan fingerprint density at radius 2 is 2.12 bits per heavy atom. The molecule has 0 aliphatic carbocycles. The normalized spacial score (nSPS) is 17.8. The molecule has 0 bridgehead atoms. The van der Waals surface area contributed by atoms with Gasteiger partial charge in [-0.3, -0.25) is 4.57 Å². The second kappa shape index (κ2) is 6.78. The summed E-state index contributed by atoms with van der Waals surface area (Å²) in [5.74, 6) is 0. The van der Waals surface area contributed by atoms with E-state index in [1.165, 1.54) is 7.11 Å². The van der Waals surface area contributed by atoms with Crippen LogP contribution >= 0.6 is 23.2 Å². The van der Waals surface area contributed by atoms with E-state index in [-0.39, 0.29) is 12.2 Å². The summed E-state index contributed by atoms with van der Waals surface area (Å²) < 4.78 is 13.1. The molecule has 1 unspecified atom stereocenters. The van der Waals surface area contributed by atoms with Gasteiger partial charge in [0.15, 0.2) is 5.65 Å². The molecule has 1 fully saturated rings. The van der Waals surface area contributed by atoms with Crippen LogP contribution in [0, 0.1) is 0 Å². The SMILES string of the molecule is COc1nc(-c2ccc(Cl)cc2Cl)c2ncn(C3CCCCO3)c2n1. The molecule has 6 nitrogen and oxygen atoms in total. The van der Waals surface area contributed by atoms with Crippen molar-refractivity contribution in [3.63, 3.8) is 0 Å². The Bertz CT molecular complexity index is 922. The first-order valence-electron chi connectivity index (χ1n) is 8.03. The van der Waals surface area contributed by atoms with Crippen LogP contribution in [0.3, 0.4) is 0 Å². The second-order valence-corrected chi connectivity index (χ2v) is 6.67. The molecule has 0 radical (unpaired) electrons. The molecule has 3 aromatic rings. The average Bonchev–Trinajstić information content (AvgIpc) is 3.06. The molecule has 0 saturated carbocycles. The van der Waals surface area contributed by atoms with E-state index in [0.29, 0.717) is 26.9 Å². The van der Waals surface area contributed by atoms with Crippen molar-refractivity contribution in [1.82, 2.24) is 19.5 Å². The van der Waals surface area contributed by atoms with Gasteiger partial charge < -0.3 is 9.47 Å². The number of aromatic nitrogens is 4. The van der Waals surface area contributed by atoms with Crippen molar-refractivity contribution in [1.29, 1.82) is 0 Å². The van der Waals surface area contributed by atoms with Crippen LogP contribution in [0.15, 0.2) is 24.5 Å². The monoisotopic (exact) mass is 378 g/mol. The molecule has 3 heterocycles. The zero-order chi connectivity index (χ0) is 17.4. The van der Waals surface area contributed by atoms with Gasteiger partial charge in [0.1, 0.15) is 17.4 Å². The topological polar surface area (TPSA) is 62.1 Å². The second-order valence-electron chi connectivity index (χ2n) is 5.83. The first-order chi connectivity index (χ1) is 12.2. The third-order valence-electron chi connectivity index (χ3n) is 4.24. The van der Waals surface area contributed by atoms with Crippen LogP contribution in [0.25, 0.3) is 22.4 Å². The Balaban J connectivity index is 1.91. The molecule has 25 heavy (non-hydrogen) atoms. The van der Waals surface area contributed by atoms with Gasteiger partial charge in [-0.05, 0) is 37.5 Å². The molecule has 0 N–H and O–H groups in total. The summed E-state index contributed by atoms with van der Waals surface area (Å²) in [5.41, 5.74) is 2.66. The fourth-order valence-electron chi connectivity index (χ4n) is 3.01. The van der Waals surface area contributed by atoms with E-state index in [1.54, 1.807) is 18.5 Å². The Morgan fingerprint density at radius 1 is 1.24 bits per heavy atom. The largest absolute Gasteiger partial charge is 0.467 e. The highest BCUT2D eigenvalue weighted by Crippen LogP contribution is 2.35. The third kappa shape index (κ3) is 3.05. The summed E-state index contributed by atoms with van der Waals surface area (Å²) in [6, 6.07) is 5.53. The van der Waals surface area contributed by atoms with Crippen molar-refractivity contribution in [2.45, 2.75) is 25.5 Å². The first kappa shape index (κ1) is 16.6. The lowest BCUT2D eigenvalue weighted by Crippen LogP contribution is -2.17. The molecule has 8 heteroatoms. The lowest BCUT2D eigenvalue weighted by Gasteiger charge is -2.23. The molecule has 1 saturated heterocycles. The summed E-state index contributed by atoms with van der Waals surface area (Å²) >= 11 is 12.4. The number of hydrogen-bond acceptors (Lipinski definition) is 5. The molecule has 1 aromatic carbocycles. The van der Waals surface area contributed by atoms with E-state index >= 15 is 0 Å². The highest BCUT2D eigenvalue weighted by molar-refractivity contribution is 6.36. The average molecular weight is 379 g/mol. The van der Waals surface area contributed by atoms with Crippen LogP contribution < -0.4 is 4.74 Å². The molecular formula is C17H16Cl2N4O2. The lowest BCUT2D eigenvalue weighted by molar-refractivity contribution is -0.0298. The predicted octanol–water partition coefficient (Wildman–Crippen LogP) is 4.51. The van der Waals surface area contributed by atoms with Crippen molar-refractivity contribution in [3.8, 4) is 17.3 Å². The minimum absolute atomic E-state index is 0.0769. The fraction of sp³-hybridized carbons (Fsp3) is 0.353. The maximum absolute atomic E-state index is 6.37. The minimum atomic E-state index is -0.0769. The molecule has 0 amide bonds. The number of ether oxygens (including phenoxy) is 2. The van der Waals surface area contributed by atoms with E-state index in [1.807, 2.05) is 10.6 Å². The van der Waals surface area contributed by atoms with Crippen LogP contribution in [0.1, 0.15) is 25.5 Å². The van der Waals surface area contributed by atoms with E-state index < -0.39 is 0 Å². The van der Waals surface area contributed by atoms with Crippen molar-refractivity contribution in [2.75, 3.05) is 13.7 Å². The number of rotatable bonds is 3. The number of methoxy groups -OCH3 is 1. The van der Waals surface area contributed by atoms with Crippen LogP contribution in [0.4, 0.5) is 0 Å². The Morgan fingerprint density at radius 3 is 2.84 bits per heavy atom. The van der Waals surface area contributed by atoms with Gasteiger partial charge in [0.25, 0.3) is 0 Å². The first-order valence-corrected chi connectivity index (χ1v) is 8.78. The molecule has 130 valence electrons. The Labute approximate surface area is 154 Å². The van der Waals surface area contributed by atoms with E-state index in [9.17, 15) is 0 Å². The van der Waals surface area contributed by atoms with Gasteiger partial charge in [0.2, 0.25) is 0 Å². The predicted molar refractivity (Wildman–Crippen MR) is 96.2 cm³/mol. The minimum Gasteiger partial charge on any atom is -0.467 e. The summed E-state index contributed by atoms with van der Waals surface area (Å²) in [5, 5.41) is 1.06. The molecule has 1 aliphatic rings. The van der Waals surface area contributed by atoms with Crippen molar-refractivity contribution >= 4 is 34.4 Å². The van der Waals surface area contributed by atoms with Crippen molar-refractivity contribution in [3.05, 3.63) is 34.6 Å². The third-order valence-corrected chi connectivity index (χ3v) is 4.78. The van der Waals surface area contributed by atoms with Gasteiger partial charge >= 0.3 is 6.01 Å². The lowest BCUT2D eigenvalue weighted by atomic mass is 10.1. The Hall–Kier alpha value is -1.89. The van der Waals surface area contributed by atoms with Crippen molar-refractivity contribution in [2.24, 2.45) is 0 Å². The van der Waals surface area contributed by atoms with Crippen LogP contribution in [-0.2, 0) is 4.74 Å². The van der Waals surface area contributed by atoms with Crippen LogP contribution in [0.2, 0.25) is 10.0 Å². The van der Waals surface area contributed by atoms with Gasteiger partial charge in [-0.25, -0.2) is 4.98 Å². The summed E-state index contributed by atoms with van der Waals surface area (Å²) in [7, 11) is 1.53. The van der Waals surface area contributed by atoms with E-state index in [0.717, 1.165) is 31.4 Å². The van der Waals surface area contributed by atoms with Crippen LogP contribution in [0.5, 0.6) is 6.01 Å². The zero-order valence-electron chi connectivity index (χ0n) is 13.6. The summed E-state index contributed by atoms with van der Waals surface area (Å²) in [6.07, 6.45) is 4.78. The van der Waals surface area contributed by atoms with E-state index in [2.05, 4.69) is 15.0 Å². The smallest absolute Gasteiger partial charge is 0.318 e.